The first-order valence-corrected chi connectivity index (χ1v) is 12.5. The molecule has 2 aromatic rings. The molecule has 0 aromatic heterocycles. The van der Waals surface area contributed by atoms with Gasteiger partial charge in [-0.25, -0.2) is 8.42 Å². The van der Waals surface area contributed by atoms with Crippen LogP contribution in [0.15, 0.2) is 41.3 Å². The number of hydrogen-bond acceptors (Lipinski definition) is 4. The van der Waals surface area contributed by atoms with Gasteiger partial charge in [-0.3, -0.25) is 4.90 Å². The van der Waals surface area contributed by atoms with Crippen molar-refractivity contribution in [1.29, 1.82) is 0 Å². The van der Waals surface area contributed by atoms with Crippen molar-refractivity contribution in [2.24, 2.45) is 0 Å². The van der Waals surface area contributed by atoms with Gasteiger partial charge in [-0.2, -0.15) is 17.5 Å². The van der Waals surface area contributed by atoms with Crippen molar-refractivity contribution in [2.75, 3.05) is 39.4 Å². The second kappa shape index (κ2) is 10.5. The van der Waals surface area contributed by atoms with Gasteiger partial charge in [0, 0.05) is 26.2 Å². The Balaban J connectivity index is 1.86. The van der Waals surface area contributed by atoms with E-state index in [1.807, 2.05) is 19.1 Å². The second-order valence-electron chi connectivity index (χ2n) is 8.57. The number of rotatable bonds is 8. The Bertz CT molecular complexity index is 1020. The van der Waals surface area contributed by atoms with E-state index in [4.69, 9.17) is 4.74 Å². The molecular weight excluding hydrogens is 453 g/mol. The van der Waals surface area contributed by atoms with Gasteiger partial charge >= 0.3 is 6.18 Å². The molecule has 1 aliphatic rings. The Labute approximate surface area is 194 Å². The van der Waals surface area contributed by atoms with E-state index in [9.17, 15) is 21.6 Å². The molecule has 1 fully saturated rings. The molecule has 0 atom stereocenters. The van der Waals surface area contributed by atoms with E-state index in [2.05, 4.69) is 4.90 Å². The van der Waals surface area contributed by atoms with E-state index in [0.29, 0.717) is 36.3 Å². The van der Waals surface area contributed by atoms with Crippen LogP contribution in [0.3, 0.4) is 0 Å². The maximum absolute atomic E-state index is 13.7. The van der Waals surface area contributed by atoms with Gasteiger partial charge in [0.2, 0.25) is 10.0 Å². The third-order valence-corrected chi connectivity index (χ3v) is 7.98. The molecule has 1 aliphatic heterocycles. The molecule has 9 heteroatoms. The topological polar surface area (TPSA) is 49.9 Å². The number of aryl methyl sites for hydroxylation is 3. The Morgan fingerprint density at radius 2 is 1.58 bits per heavy atom. The maximum Gasteiger partial charge on any atom is 0.416 e. The molecule has 3 rings (SSSR count). The summed E-state index contributed by atoms with van der Waals surface area (Å²) in [5, 5.41) is 0. The second-order valence-corrected chi connectivity index (χ2v) is 10.4. The fourth-order valence-electron chi connectivity index (χ4n) is 4.29. The highest BCUT2D eigenvalue weighted by molar-refractivity contribution is 7.89. The van der Waals surface area contributed by atoms with Crippen LogP contribution in [-0.2, 0) is 27.5 Å². The van der Waals surface area contributed by atoms with Gasteiger partial charge in [-0.15, -0.1) is 0 Å². The van der Waals surface area contributed by atoms with Crippen molar-refractivity contribution in [3.05, 3.63) is 64.2 Å². The van der Waals surface area contributed by atoms with E-state index in [1.165, 1.54) is 16.4 Å². The molecule has 1 heterocycles. The van der Waals surface area contributed by atoms with Crippen LogP contribution in [0.25, 0.3) is 0 Å². The SMILES string of the molecule is Cc1cc(C)c(S(=O)(=O)N(CCCN2CCOCC2)Cc2ccc(C(F)(F)F)cc2)c(C)c1. The molecule has 0 N–H and O–H groups in total. The van der Waals surface area contributed by atoms with Crippen molar-refractivity contribution < 1.29 is 26.3 Å². The standard InChI is InChI=1S/C24H31F3N2O3S/c1-18-15-19(2)23(20(3)16-18)33(30,31)29(10-4-9-28-11-13-32-14-12-28)17-21-5-7-22(8-6-21)24(25,26)27/h5-8,15-16H,4,9-14,17H2,1-3H3. The summed E-state index contributed by atoms with van der Waals surface area (Å²) >= 11 is 0. The minimum Gasteiger partial charge on any atom is -0.379 e. The molecule has 5 nitrogen and oxygen atoms in total. The Morgan fingerprint density at radius 3 is 2.12 bits per heavy atom. The van der Waals surface area contributed by atoms with Gasteiger partial charge in [-0.1, -0.05) is 29.8 Å². The first kappa shape index (κ1) is 25.7. The van der Waals surface area contributed by atoms with E-state index in [-0.39, 0.29) is 18.0 Å². The zero-order valence-electron chi connectivity index (χ0n) is 19.3. The van der Waals surface area contributed by atoms with Crippen molar-refractivity contribution >= 4 is 10.0 Å². The number of morpholine rings is 1. The smallest absolute Gasteiger partial charge is 0.379 e. The molecule has 0 aliphatic carbocycles. The summed E-state index contributed by atoms with van der Waals surface area (Å²) in [4.78, 5) is 2.50. The Morgan fingerprint density at radius 1 is 1.00 bits per heavy atom. The highest BCUT2D eigenvalue weighted by Crippen LogP contribution is 2.30. The minimum absolute atomic E-state index is 0.0103. The van der Waals surface area contributed by atoms with Crippen LogP contribution in [0.4, 0.5) is 13.2 Å². The summed E-state index contributed by atoms with van der Waals surface area (Å²) in [6.07, 6.45) is -3.82. The Hall–Kier alpha value is -1.94. The average Bonchev–Trinajstić information content (AvgIpc) is 2.72. The first-order valence-electron chi connectivity index (χ1n) is 11.0. The molecule has 0 unspecified atom stereocenters. The van der Waals surface area contributed by atoms with Gasteiger partial charge in [-0.05, 0) is 62.6 Å². The largest absolute Gasteiger partial charge is 0.416 e. The Kier molecular flexibility index (Phi) is 8.21. The van der Waals surface area contributed by atoms with E-state index < -0.39 is 21.8 Å². The normalized spacial score (nSPS) is 15.8. The fourth-order valence-corrected chi connectivity index (χ4v) is 6.16. The lowest BCUT2D eigenvalue weighted by molar-refractivity contribution is -0.137. The van der Waals surface area contributed by atoms with Crippen molar-refractivity contribution in [2.45, 2.75) is 44.8 Å². The molecule has 182 valence electrons. The molecule has 1 saturated heterocycles. The van der Waals surface area contributed by atoms with Crippen molar-refractivity contribution in [3.8, 4) is 0 Å². The fraction of sp³-hybridized carbons (Fsp3) is 0.500. The summed E-state index contributed by atoms with van der Waals surface area (Å²) in [6, 6.07) is 8.37. The van der Waals surface area contributed by atoms with E-state index in [0.717, 1.165) is 37.3 Å². The molecule has 0 saturated carbocycles. The quantitative estimate of drug-likeness (QED) is 0.552. The summed E-state index contributed by atoms with van der Waals surface area (Å²) in [5.41, 5.74) is 2.07. The zero-order chi connectivity index (χ0) is 24.2. The highest BCUT2D eigenvalue weighted by Gasteiger charge is 2.31. The highest BCUT2D eigenvalue weighted by atomic mass is 32.2. The van der Waals surface area contributed by atoms with Crippen LogP contribution >= 0.6 is 0 Å². The minimum atomic E-state index is -4.43. The molecule has 33 heavy (non-hydrogen) atoms. The number of hydrogen-bond donors (Lipinski definition) is 0. The summed E-state index contributed by atoms with van der Waals surface area (Å²) < 4.78 is 73.0. The van der Waals surface area contributed by atoms with E-state index >= 15 is 0 Å². The van der Waals surface area contributed by atoms with Crippen LogP contribution in [-0.4, -0.2) is 57.0 Å². The van der Waals surface area contributed by atoms with E-state index in [1.54, 1.807) is 13.8 Å². The van der Waals surface area contributed by atoms with Gasteiger partial charge < -0.3 is 4.74 Å². The average molecular weight is 485 g/mol. The van der Waals surface area contributed by atoms with Gasteiger partial charge in [0.25, 0.3) is 0 Å². The van der Waals surface area contributed by atoms with Crippen LogP contribution in [0.2, 0.25) is 0 Å². The van der Waals surface area contributed by atoms with Gasteiger partial charge in [0.15, 0.2) is 0 Å². The maximum atomic E-state index is 13.7. The third kappa shape index (κ3) is 6.56. The van der Waals surface area contributed by atoms with Gasteiger partial charge in [0.1, 0.15) is 0 Å². The molecular formula is C24H31F3N2O3S. The first-order chi connectivity index (χ1) is 15.5. The number of benzene rings is 2. The molecule has 0 amide bonds. The molecule has 2 aromatic carbocycles. The van der Waals surface area contributed by atoms with Gasteiger partial charge in [0.05, 0.1) is 23.7 Å². The summed E-state index contributed by atoms with van der Waals surface area (Å²) in [7, 11) is -3.85. The number of nitrogens with zero attached hydrogens (tertiary/aromatic N) is 2. The summed E-state index contributed by atoms with van der Waals surface area (Å²) in [6.45, 7) is 9.42. The molecule has 0 bridgehead atoms. The predicted octanol–water partition coefficient (Wildman–Crippen LogP) is 4.54. The number of halogens is 3. The lowest BCUT2D eigenvalue weighted by Gasteiger charge is -2.29. The predicted molar refractivity (Wildman–Crippen MR) is 122 cm³/mol. The van der Waals surface area contributed by atoms with Crippen molar-refractivity contribution in [3.63, 3.8) is 0 Å². The van der Waals surface area contributed by atoms with Crippen molar-refractivity contribution in [1.82, 2.24) is 9.21 Å². The third-order valence-electron chi connectivity index (χ3n) is 5.83. The lowest BCUT2D eigenvalue weighted by Crippen LogP contribution is -2.39. The number of sulfonamides is 1. The van der Waals surface area contributed by atoms with Crippen LogP contribution in [0.1, 0.15) is 34.2 Å². The van der Waals surface area contributed by atoms with Crippen LogP contribution < -0.4 is 0 Å². The molecule has 0 radical (unpaired) electrons. The molecule has 0 spiro atoms. The zero-order valence-corrected chi connectivity index (χ0v) is 20.1. The number of ether oxygens (including phenoxy) is 1. The summed E-state index contributed by atoms with van der Waals surface area (Å²) in [5.74, 6) is 0. The number of alkyl halides is 3. The van der Waals surface area contributed by atoms with Crippen LogP contribution in [0.5, 0.6) is 0 Å². The lowest BCUT2D eigenvalue weighted by atomic mass is 10.1. The monoisotopic (exact) mass is 484 g/mol. The van der Waals surface area contributed by atoms with Crippen LogP contribution in [0, 0.1) is 20.8 Å².